The van der Waals surface area contributed by atoms with E-state index in [0.29, 0.717) is 34.7 Å². The molecule has 0 aliphatic heterocycles. The Kier molecular flexibility index (Phi) is 13.2. The first-order chi connectivity index (χ1) is 16.4. The molecule has 0 aliphatic rings. The van der Waals surface area contributed by atoms with E-state index in [9.17, 15) is 9.59 Å². The highest BCUT2D eigenvalue weighted by Gasteiger charge is 2.21. The van der Waals surface area contributed by atoms with E-state index in [-0.39, 0.29) is 30.4 Å². The van der Waals surface area contributed by atoms with E-state index in [4.69, 9.17) is 20.8 Å². The molecule has 2 unspecified atom stereocenters. The second kappa shape index (κ2) is 15.8. The maximum atomic E-state index is 12.9. The summed E-state index contributed by atoms with van der Waals surface area (Å²) in [5, 5.41) is 7.11. The third-order valence-corrected chi connectivity index (χ3v) is 6.45. The van der Waals surface area contributed by atoms with E-state index in [1.807, 2.05) is 12.1 Å². The van der Waals surface area contributed by atoms with Gasteiger partial charge in [-0.05, 0) is 55.2 Å². The fourth-order valence-electron chi connectivity index (χ4n) is 3.53. The number of carbonyl (C=O) groups excluding carboxylic acids is 2. The molecule has 0 spiro atoms. The van der Waals surface area contributed by atoms with Crippen LogP contribution >= 0.6 is 23.4 Å². The minimum absolute atomic E-state index is 0.0716. The average molecular weight is 509 g/mol. The Labute approximate surface area is 212 Å². The number of ether oxygens (including phenoxy) is 1. The second-order valence-electron chi connectivity index (χ2n) is 8.78. The van der Waals surface area contributed by atoms with Crippen LogP contribution in [-0.4, -0.2) is 42.7 Å². The number of Topliss-reactive ketones (excluding diaryl/α,β-unsaturated/α-hetero) is 1. The highest BCUT2D eigenvalue weighted by atomic mass is 35.5. The van der Waals surface area contributed by atoms with Gasteiger partial charge in [0.05, 0.1) is 23.8 Å². The van der Waals surface area contributed by atoms with Crippen LogP contribution in [-0.2, 0) is 15.3 Å². The Morgan fingerprint density at radius 1 is 1.18 bits per heavy atom. The van der Waals surface area contributed by atoms with Crippen LogP contribution in [0.3, 0.4) is 0 Å². The molecule has 1 aromatic carbocycles. The fraction of sp³-hybridized carbons (Fsp3) is 0.538. The third kappa shape index (κ3) is 11.4. The number of rotatable bonds is 17. The topological polar surface area (TPSA) is 80.6 Å². The van der Waals surface area contributed by atoms with E-state index < -0.39 is 0 Å². The number of furan rings is 1. The molecule has 2 rings (SSSR count). The summed E-state index contributed by atoms with van der Waals surface area (Å²) in [6.07, 6.45) is 5.24. The SMILES string of the molecule is CCCCC(NCC(CC(C)C)NC(=O)COc1ccc(Cl)cc1)C(=O)CSCc1ccco1. The number of halogens is 1. The molecule has 1 heterocycles. The van der Waals surface area contributed by atoms with Gasteiger partial charge in [0.2, 0.25) is 0 Å². The van der Waals surface area contributed by atoms with Crippen molar-refractivity contribution < 1.29 is 18.7 Å². The molecule has 0 saturated carbocycles. The van der Waals surface area contributed by atoms with Crippen LogP contribution in [0.4, 0.5) is 0 Å². The van der Waals surface area contributed by atoms with Crippen LogP contribution < -0.4 is 15.4 Å². The van der Waals surface area contributed by atoms with Crippen LogP contribution in [0.2, 0.25) is 5.02 Å². The quantitative estimate of drug-likeness (QED) is 0.294. The molecule has 6 nitrogen and oxygen atoms in total. The van der Waals surface area contributed by atoms with E-state index in [1.165, 1.54) is 0 Å². The van der Waals surface area contributed by atoms with Gasteiger partial charge in [0.15, 0.2) is 12.4 Å². The Morgan fingerprint density at radius 3 is 2.59 bits per heavy atom. The summed E-state index contributed by atoms with van der Waals surface area (Å²) in [7, 11) is 0. The lowest BCUT2D eigenvalue weighted by atomic mass is 10.0. The summed E-state index contributed by atoms with van der Waals surface area (Å²) in [6, 6.07) is 10.4. The zero-order chi connectivity index (χ0) is 24.8. The molecule has 8 heteroatoms. The molecule has 0 bridgehead atoms. The zero-order valence-corrected chi connectivity index (χ0v) is 21.9. The van der Waals surface area contributed by atoms with Gasteiger partial charge in [0, 0.05) is 17.6 Å². The minimum Gasteiger partial charge on any atom is -0.484 e. The lowest BCUT2D eigenvalue weighted by molar-refractivity contribution is -0.123. The molecule has 1 aromatic heterocycles. The van der Waals surface area contributed by atoms with Gasteiger partial charge < -0.3 is 19.8 Å². The number of thioether (sulfide) groups is 1. The number of ketones is 1. The predicted octanol–water partition coefficient (Wildman–Crippen LogP) is 5.49. The maximum Gasteiger partial charge on any atom is 0.258 e. The fourth-order valence-corrected chi connectivity index (χ4v) is 4.52. The van der Waals surface area contributed by atoms with Gasteiger partial charge in [-0.15, -0.1) is 11.8 Å². The van der Waals surface area contributed by atoms with Crippen molar-refractivity contribution in [2.45, 2.75) is 64.3 Å². The summed E-state index contributed by atoms with van der Waals surface area (Å²) in [4.78, 5) is 25.4. The van der Waals surface area contributed by atoms with E-state index in [1.54, 1.807) is 42.3 Å². The van der Waals surface area contributed by atoms with Crippen LogP contribution in [0, 0.1) is 5.92 Å². The number of unbranched alkanes of at least 4 members (excludes halogenated alkanes) is 1. The highest BCUT2D eigenvalue weighted by molar-refractivity contribution is 7.99. The maximum absolute atomic E-state index is 12.9. The van der Waals surface area contributed by atoms with Crippen LogP contribution in [0.15, 0.2) is 47.1 Å². The number of carbonyl (C=O) groups is 2. The molecule has 2 atom stereocenters. The van der Waals surface area contributed by atoms with Crippen molar-refractivity contribution in [1.82, 2.24) is 10.6 Å². The summed E-state index contributed by atoms with van der Waals surface area (Å²) in [5.74, 6) is 2.97. The molecule has 188 valence electrons. The summed E-state index contributed by atoms with van der Waals surface area (Å²) >= 11 is 7.45. The summed E-state index contributed by atoms with van der Waals surface area (Å²) in [5.41, 5.74) is 0. The number of hydrogen-bond donors (Lipinski definition) is 2. The van der Waals surface area contributed by atoms with Gasteiger partial charge in [-0.2, -0.15) is 0 Å². The van der Waals surface area contributed by atoms with Crippen LogP contribution in [0.5, 0.6) is 5.75 Å². The Balaban J connectivity index is 1.85. The van der Waals surface area contributed by atoms with E-state index in [2.05, 4.69) is 31.4 Å². The van der Waals surface area contributed by atoms with Crippen molar-refractivity contribution >= 4 is 35.1 Å². The first-order valence-corrected chi connectivity index (χ1v) is 13.4. The van der Waals surface area contributed by atoms with E-state index in [0.717, 1.165) is 31.4 Å². The van der Waals surface area contributed by atoms with Gasteiger partial charge in [-0.1, -0.05) is 45.2 Å². The number of nitrogens with one attached hydrogen (secondary N) is 2. The first kappa shape index (κ1) is 28.3. The smallest absolute Gasteiger partial charge is 0.258 e. The van der Waals surface area contributed by atoms with Crippen molar-refractivity contribution in [2.24, 2.45) is 5.92 Å². The number of amides is 1. The average Bonchev–Trinajstić information content (AvgIpc) is 3.31. The summed E-state index contributed by atoms with van der Waals surface area (Å²) in [6.45, 7) is 6.82. The molecule has 2 N–H and O–H groups in total. The molecule has 0 radical (unpaired) electrons. The Morgan fingerprint density at radius 2 is 1.94 bits per heavy atom. The van der Waals surface area contributed by atoms with Crippen LogP contribution in [0.25, 0.3) is 0 Å². The van der Waals surface area contributed by atoms with Gasteiger partial charge in [0.1, 0.15) is 11.5 Å². The molecular formula is C26H37ClN2O4S. The lowest BCUT2D eigenvalue weighted by Gasteiger charge is -2.25. The monoisotopic (exact) mass is 508 g/mol. The zero-order valence-electron chi connectivity index (χ0n) is 20.3. The molecule has 0 aliphatic carbocycles. The van der Waals surface area contributed by atoms with Crippen molar-refractivity contribution in [3.63, 3.8) is 0 Å². The van der Waals surface area contributed by atoms with E-state index >= 15 is 0 Å². The van der Waals surface area contributed by atoms with Crippen molar-refractivity contribution in [3.8, 4) is 5.75 Å². The number of hydrogen-bond acceptors (Lipinski definition) is 6. The summed E-state index contributed by atoms with van der Waals surface area (Å²) < 4.78 is 10.9. The normalized spacial score (nSPS) is 13.0. The molecule has 0 saturated heterocycles. The van der Waals surface area contributed by atoms with Crippen LogP contribution in [0.1, 0.15) is 52.2 Å². The Bertz CT molecular complexity index is 843. The second-order valence-corrected chi connectivity index (χ2v) is 10.2. The molecule has 2 aromatic rings. The highest BCUT2D eigenvalue weighted by Crippen LogP contribution is 2.16. The van der Waals surface area contributed by atoms with Gasteiger partial charge in [-0.3, -0.25) is 9.59 Å². The molecule has 1 amide bonds. The third-order valence-electron chi connectivity index (χ3n) is 5.22. The first-order valence-electron chi connectivity index (χ1n) is 11.9. The molecule has 0 fully saturated rings. The van der Waals surface area contributed by atoms with Crippen molar-refractivity contribution in [2.75, 3.05) is 18.9 Å². The van der Waals surface area contributed by atoms with Crippen molar-refractivity contribution in [1.29, 1.82) is 0 Å². The molecule has 34 heavy (non-hydrogen) atoms. The molecular weight excluding hydrogens is 472 g/mol. The minimum atomic E-state index is -0.221. The predicted molar refractivity (Wildman–Crippen MR) is 140 cm³/mol. The van der Waals surface area contributed by atoms with Gasteiger partial charge in [-0.25, -0.2) is 0 Å². The Hall–Kier alpha value is -1.96. The van der Waals surface area contributed by atoms with Crippen molar-refractivity contribution in [3.05, 3.63) is 53.4 Å². The van der Waals surface area contributed by atoms with Gasteiger partial charge >= 0.3 is 0 Å². The largest absolute Gasteiger partial charge is 0.484 e. The van der Waals surface area contributed by atoms with Gasteiger partial charge in [0.25, 0.3) is 5.91 Å². The number of benzene rings is 1. The lowest BCUT2D eigenvalue weighted by Crippen LogP contribution is -2.49. The standard InChI is InChI=1S/C26H37ClN2O4S/c1-4-5-8-24(25(30)18-34-17-23-7-6-13-32-23)28-15-21(14-19(2)3)29-26(31)16-33-22-11-9-20(27)10-12-22/h6-7,9-13,19,21,24,28H,4-5,8,14-18H2,1-3H3,(H,29,31).